The Morgan fingerprint density at radius 2 is 1.57 bits per heavy atom. The molecule has 2 amide bonds. The number of likely N-dealkylation sites (tertiary alicyclic amines) is 1. The zero-order valence-electron chi connectivity index (χ0n) is 24.0. The van der Waals surface area contributed by atoms with Crippen molar-refractivity contribution in [3.63, 3.8) is 0 Å². The van der Waals surface area contributed by atoms with Gasteiger partial charge in [-0.25, -0.2) is 16.8 Å². The van der Waals surface area contributed by atoms with Crippen molar-refractivity contribution in [2.45, 2.75) is 19.3 Å². The van der Waals surface area contributed by atoms with E-state index in [0.29, 0.717) is 45.2 Å². The molecule has 3 heterocycles. The van der Waals surface area contributed by atoms with Crippen LogP contribution in [-0.4, -0.2) is 104 Å². The number of Topliss-reactive ketones (excluding diaryl/α,β-unsaturated/α-hetero) is 1. The van der Waals surface area contributed by atoms with E-state index in [9.17, 15) is 27.2 Å². The Balaban J connectivity index is 1.43. The number of fused-ring (bicyclic) bond motifs is 1. The van der Waals surface area contributed by atoms with E-state index >= 15 is 0 Å². The Labute approximate surface area is 244 Å². The average molecular weight is 599 g/mol. The number of hydrogen-bond acceptors (Lipinski definition) is 7. The third kappa shape index (κ3) is 6.05. The highest BCUT2D eigenvalue weighted by atomic mass is 32.2. The molecule has 42 heavy (non-hydrogen) atoms. The van der Waals surface area contributed by atoms with Gasteiger partial charge in [-0.15, -0.1) is 0 Å². The number of nitrogens with zero attached hydrogens (tertiary/aromatic N) is 4. The van der Waals surface area contributed by atoms with Crippen LogP contribution >= 0.6 is 0 Å². The number of piperidine rings is 1. The van der Waals surface area contributed by atoms with Crippen molar-refractivity contribution in [1.29, 1.82) is 0 Å². The first-order valence-corrected chi connectivity index (χ1v) is 15.8. The number of carbonyl (C=O) groups is 3. The van der Waals surface area contributed by atoms with Crippen molar-refractivity contribution in [2.24, 2.45) is 5.92 Å². The molecule has 0 bridgehead atoms. The zero-order chi connectivity index (χ0) is 30.2. The monoisotopic (exact) mass is 598 g/mol. The highest BCUT2D eigenvalue weighted by Crippen LogP contribution is 2.33. The van der Waals surface area contributed by atoms with E-state index in [1.165, 1.54) is 36.3 Å². The van der Waals surface area contributed by atoms with Crippen LogP contribution in [0.2, 0.25) is 0 Å². The number of hydrogen-bond donors (Lipinski definition) is 0. The first-order valence-electron chi connectivity index (χ1n) is 14.0. The highest BCUT2D eigenvalue weighted by molar-refractivity contribution is 7.89. The summed E-state index contributed by atoms with van der Waals surface area (Å²) < 4.78 is 45.0. The van der Waals surface area contributed by atoms with E-state index in [0.717, 1.165) is 41.3 Å². The molecule has 2 aliphatic heterocycles. The van der Waals surface area contributed by atoms with Crippen molar-refractivity contribution >= 4 is 38.5 Å². The molecule has 0 atom stereocenters. The second kappa shape index (κ2) is 11.8. The van der Waals surface area contributed by atoms with Crippen molar-refractivity contribution in [2.75, 3.05) is 59.7 Å². The molecule has 2 fully saturated rings. The molecular weight excluding hydrogens is 563 g/mol. The Morgan fingerprint density at radius 3 is 2.17 bits per heavy atom. The first-order chi connectivity index (χ1) is 20.0. The molecule has 0 aliphatic carbocycles. The molecule has 5 rings (SSSR count). The van der Waals surface area contributed by atoms with Crippen LogP contribution in [0.25, 0.3) is 10.9 Å². The van der Waals surface area contributed by atoms with Crippen LogP contribution in [-0.2, 0) is 21.2 Å². The SMILES string of the molecule is COc1cc2c(cc1C(=O)N1CCC(Cc3ccc(F)cc3)CC1)c(C(=O)C(=O)N1CCN(C)CC1)cn2S(C)(=O)=O. The summed E-state index contributed by atoms with van der Waals surface area (Å²) in [6.45, 7) is 3.04. The molecule has 2 aromatic carbocycles. The first kappa shape index (κ1) is 29.7. The van der Waals surface area contributed by atoms with E-state index in [4.69, 9.17) is 4.74 Å². The van der Waals surface area contributed by atoms with Crippen molar-refractivity contribution in [3.8, 4) is 5.75 Å². The zero-order valence-corrected chi connectivity index (χ0v) is 24.8. The van der Waals surface area contributed by atoms with Gasteiger partial charge in [0.25, 0.3) is 17.6 Å². The number of piperazine rings is 1. The molecule has 2 aliphatic rings. The number of aromatic nitrogens is 1. The molecule has 0 spiro atoms. The minimum Gasteiger partial charge on any atom is -0.496 e. The normalized spacial score (nSPS) is 17.0. The number of likely N-dealkylation sites (N-methyl/N-ethyl adjacent to an activating group) is 1. The molecule has 0 saturated carbocycles. The summed E-state index contributed by atoms with van der Waals surface area (Å²) in [6.07, 6.45) is 4.49. The lowest BCUT2D eigenvalue weighted by Gasteiger charge is -2.32. The Hall–Kier alpha value is -3.77. The van der Waals surface area contributed by atoms with Crippen LogP contribution in [0, 0.1) is 11.7 Å². The Bertz CT molecular complexity index is 1620. The number of benzene rings is 2. The summed E-state index contributed by atoms with van der Waals surface area (Å²) in [5, 5.41) is 0.197. The van der Waals surface area contributed by atoms with Gasteiger partial charge in [-0.1, -0.05) is 12.1 Å². The van der Waals surface area contributed by atoms with Gasteiger partial charge in [0.2, 0.25) is 10.0 Å². The molecule has 3 aromatic rings. The van der Waals surface area contributed by atoms with Crippen LogP contribution in [0.1, 0.15) is 39.1 Å². The predicted octanol–water partition coefficient (Wildman–Crippen LogP) is 2.65. The molecule has 0 N–H and O–H groups in total. The number of rotatable bonds is 7. The Kier molecular flexibility index (Phi) is 8.38. The number of methoxy groups -OCH3 is 1. The van der Waals surface area contributed by atoms with Gasteiger partial charge in [-0.2, -0.15) is 0 Å². The fourth-order valence-electron chi connectivity index (χ4n) is 5.75. The highest BCUT2D eigenvalue weighted by Gasteiger charge is 2.32. The summed E-state index contributed by atoms with van der Waals surface area (Å²) in [7, 11) is -0.525. The lowest BCUT2D eigenvalue weighted by Crippen LogP contribution is -2.49. The molecule has 224 valence electrons. The van der Waals surface area contributed by atoms with Crippen LogP contribution < -0.4 is 4.74 Å². The second-order valence-electron chi connectivity index (χ2n) is 11.2. The van der Waals surface area contributed by atoms with Gasteiger partial charge in [0.05, 0.1) is 30.0 Å². The fraction of sp³-hybridized carbons (Fsp3) is 0.433. The smallest absolute Gasteiger partial charge is 0.295 e. The van der Waals surface area contributed by atoms with Gasteiger partial charge >= 0.3 is 0 Å². The van der Waals surface area contributed by atoms with Gasteiger partial charge in [-0.3, -0.25) is 14.4 Å². The Morgan fingerprint density at radius 1 is 0.929 bits per heavy atom. The summed E-state index contributed by atoms with van der Waals surface area (Å²) in [4.78, 5) is 45.6. The van der Waals surface area contributed by atoms with Crippen LogP contribution in [0.15, 0.2) is 42.6 Å². The van der Waals surface area contributed by atoms with E-state index in [1.54, 1.807) is 17.0 Å². The summed E-state index contributed by atoms with van der Waals surface area (Å²) in [5.74, 6) is -1.58. The van der Waals surface area contributed by atoms with E-state index < -0.39 is 21.7 Å². The number of ether oxygens (including phenoxy) is 1. The summed E-state index contributed by atoms with van der Waals surface area (Å²) >= 11 is 0. The molecule has 2 saturated heterocycles. The number of amides is 2. The third-order valence-corrected chi connectivity index (χ3v) is 9.26. The summed E-state index contributed by atoms with van der Waals surface area (Å²) in [6, 6.07) is 9.36. The predicted molar refractivity (Wildman–Crippen MR) is 156 cm³/mol. The second-order valence-corrected chi connectivity index (χ2v) is 13.0. The molecule has 1 aromatic heterocycles. The fourth-order valence-corrected chi connectivity index (χ4v) is 6.55. The molecule has 0 radical (unpaired) electrons. The van der Waals surface area contributed by atoms with Gasteiger partial charge in [-0.05, 0) is 56.0 Å². The minimum atomic E-state index is -3.85. The molecule has 0 unspecified atom stereocenters. The average Bonchev–Trinajstić information content (AvgIpc) is 3.36. The molecular formula is C30H35FN4O6S. The van der Waals surface area contributed by atoms with Crippen molar-refractivity contribution < 1.29 is 31.9 Å². The van der Waals surface area contributed by atoms with Crippen molar-refractivity contribution in [1.82, 2.24) is 18.7 Å². The van der Waals surface area contributed by atoms with Gasteiger partial charge < -0.3 is 19.4 Å². The number of ketones is 1. The maximum absolute atomic E-state index is 13.7. The number of halogens is 1. The van der Waals surface area contributed by atoms with E-state index in [-0.39, 0.29) is 39.5 Å². The largest absolute Gasteiger partial charge is 0.496 e. The van der Waals surface area contributed by atoms with Crippen LogP contribution in [0.3, 0.4) is 0 Å². The topological polar surface area (TPSA) is 109 Å². The number of carbonyl (C=O) groups excluding carboxylic acids is 3. The standard InChI is InChI=1S/C30H35FN4O6S/c1-32-12-14-34(15-13-32)30(38)28(36)25-19-35(42(3,39)40)26-18-27(41-2)24(17-23(25)26)29(37)33-10-8-21(9-11-33)16-20-4-6-22(31)7-5-20/h4-7,17-19,21H,8-16H2,1-3H3. The van der Waals surface area contributed by atoms with Crippen LogP contribution in [0.4, 0.5) is 4.39 Å². The van der Waals surface area contributed by atoms with E-state index in [2.05, 4.69) is 4.90 Å². The van der Waals surface area contributed by atoms with Gasteiger partial charge in [0.1, 0.15) is 11.6 Å². The van der Waals surface area contributed by atoms with Crippen molar-refractivity contribution in [3.05, 3.63) is 65.1 Å². The minimum absolute atomic E-state index is 0.0749. The quantitative estimate of drug-likeness (QED) is 0.304. The van der Waals surface area contributed by atoms with Gasteiger partial charge in [0.15, 0.2) is 0 Å². The maximum atomic E-state index is 13.7. The van der Waals surface area contributed by atoms with Crippen LogP contribution in [0.5, 0.6) is 5.75 Å². The summed E-state index contributed by atoms with van der Waals surface area (Å²) in [5.41, 5.74) is 1.31. The lowest BCUT2D eigenvalue weighted by atomic mass is 9.90. The maximum Gasteiger partial charge on any atom is 0.295 e. The van der Waals surface area contributed by atoms with E-state index in [1.807, 2.05) is 7.05 Å². The van der Waals surface area contributed by atoms with Gasteiger partial charge in [0, 0.05) is 56.9 Å². The lowest BCUT2D eigenvalue weighted by molar-refractivity contribution is -0.127. The molecule has 12 heteroatoms. The third-order valence-electron chi connectivity index (χ3n) is 8.25. The molecule has 10 nitrogen and oxygen atoms in total.